The van der Waals surface area contributed by atoms with Crippen LogP contribution in [0.25, 0.3) is 21.9 Å². The monoisotopic (exact) mass is 262 g/mol. The van der Waals surface area contributed by atoms with Crippen LogP contribution < -0.4 is 5.73 Å². The predicted molar refractivity (Wildman–Crippen MR) is 81.9 cm³/mol. The van der Waals surface area contributed by atoms with Gasteiger partial charge in [0.25, 0.3) is 0 Å². The Kier molecular flexibility index (Phi) is 2.91. The molecule has 0 aliphatic carbocycles. The number of pyridine rings is 2. The zero-order valence-electron chi connectivity index (χ0n) is 11.1. The van der Waals surface area contributed by atoms with E-state index in [-0.39, 0.29) is 0 Å². The van der Waals surface area contributed by atoms with Gasteiger partial charge in [-0.1, -0.05) is 24.3 Å². The van der Waals surface area contributed by atoms with E-state index in [0.29, 0.717) is 17.1 Å². The minimum Gasteiger partial charge on any atom is -0.383 e. The Morgan fingerprint density at radius 2 is 1.95 bits per heavy atom. The molecule has 2 heterocycles. The first-order chi connectivity index (χ1) is 9.66. The fraction of sp³-hybridized carbons (Fsp3) is 0.0625. The Hall–Kier alpha value is -2.75. The van der Waals surface area contributed by atoms with Crippen LogP contribution in [0.3, 0.4) is 0 Å². The zero-order chi connectivity index (χ0) is 14.1. The van der Waals surface area contributed by atoms with Crippen molar-refractivity contribution in [3.63, 3.8) is 0 Å². The van der Waals surface area contributed by atoms with Crippen molar-refractivity contribution < 1.29 is 0 Å². The number of hydrogen-bond acceptors (Lipinski definition) is 4. The molecular formula is C16H14N4. The molecule has 3 aromatic rings. The number of benzene rings is 1. The van der Waals surface area contributed by atoms with Gasteiger partial charge in [0.05, 0.1) is 0 Å². The van der Waals surface area contributed by atoms with Gasteiger partial charge >= 0.3 is 0 Å². The second-order valence-electron chi connectivity index (χ2n) is 4.69. The highest BCUT2D eigenvalue weighted by Gasteiger charge is 2.09. The molecule has 0 amide bonds. The third kappa shape index (κ3) is 2.01. The number of nitrogen functional groups attached to an aromatic ring is 1. The first kappa shape index (κ1) is 12.3. The molecule has 0 aliphatic rings. The zero-order valence-corrected chi connectivity index (χ0v) is 11.1. The maximum absolute atomic E-state index is 7.76. The first-order valence-electron chi connectivity index (χ1n) is 6.31. The maximum atomic E-state index is 7.76. The number of fused-ring (bicyclic) bond motifs is 1. The predicted octanol–water partition coefficient (Wildman–Crippen LogP) is 3.27. The molecule has 1 aromatic carbocycles. The smallest absolute Gasteiger partial charge is 0.132 e. The lowest BCUT2D eigenvalue weighted by Gasteiger charge is -2.09. The summed E-state index contributed by atoms with van der Waals surface area (Å²) in [6, 6.07) is 9.97. The van der Waals surface area contributed by atoms with Crippen molar-refractivity contribution >= 4 is 22.3 Å². The lowest BCUT2D eigenvalue weighted by Crippen LogP contribution is -2.02. The molecular weight excluding hydrogens is 248 g/mol. The van der Waals surface area contributed by atoms with Crippen molar-refractivity contribution in [2.45, 2.75) is 6.92 Å². The summed E-state index contributed by atoms with van der Waals surface area (Å²) in [6.07, 6.45) is 5.39. The second-order valence-corrected chi connectivity index (χ2v) is 4.69. The van der Waals surface area contributed by atoms with Gasteiger partial charge < -0.3 is 11.1 Å². The molecule has 2 aromatic heterocycles. The number of aromatic nitrogens is 2. The lowest BCUT2D eigenvalue weighted by atomic mass is 10.0. The van der Waals surface area contributed by atoms with Gasteiger partial charge in [-0.15, -0.1) is 0 Å². The third-order valence-electron chi connectivity index (χ3n) is 3.30. The molecule has 0 bridgehead atoms. The number of nitrogens with two attached hydrogens (primary N) is 1. The Morgan fingerprint density at radius 1 is 1.15 bits per heavy atom. The van der Waals surface area contributed by atoms with E-state index in [2.05, 4.69) is 16.0 Å². The van der Waals surface area contributed by atoms with Gasteiger partial charge in [0, 0.05) is 46.4 Å². The summed E-state index contributed by atoms with van der Waals surface area (Å²) in [6.45, 7) is 1.71. The fourth-order valence-electron chi connectivity index (χ4n) is 2.27. The van der Waals surface area contributed by atoms with Crippen LogP contribution in [0.2, 0.25) is 0 Å². The summed E-state index contributed by atoms with van der Waals surface area (Å²) < 4.78 is 0. The normalized spacial score (nSPS) is 10.7. The summed E-state index contributed by atoms with van der Waals surface area (Å²) in [5.41, 5.74) is 8.80. The Morgan fingerprint density at radius 3 is 2.75 bits per heavy atom. The van der Waals surface area contributed by atoms with Crippen LogP contribution in [0, 0.1) is 5.41 Å². The quantitative estimate of drug-likeness (QED) is 0.696. The van der Waals surface area contributed by atoms with Gasteiger partial charge in [0.1, 0.15) is 5.82 Å². The second kappa shape index (κ2) is 4.74. The number of hydrogen-bond donors (Lipinski definition) is 2. The van der Waals surface area contributed by atoms with Gasteiger partial charge in [-0.05, 0) is 18.4 Å². The average Bonchev–Trinajstić information content (AvgIpc) is 2.47. The average molecular weight is 262 g/mol. The number of anilines is 1. The van der Waals surface area contributed by atoms with Crippen LogP contribution in [0.4, 0.5) is 5.82 Å². The standard InChI is InChI=1S/C16H14N4/c1-10(17)14-6-12(8-20-16(14)18)15-9-19-7-11-4-2-3-5-13(11)15/h2-9,17H,1H3,(H2,18,20). The highest BCUT2D eigenvalue weighted by molar-refractivity contribution is 6.02. The van der Waals surface area contributed by atoms with Gasteiger partial charge in [0.15, 0.2) is 0 Å². The molecule has 0 radical (unpaired) electrons. The molecule has 0 saturated heterocycles. The van der Waals surface area contributed by atoms with E-state index in [1.165, 1.54) is 0 Å². The van der Waals surface area contributed by atoms with Crippen molar-refractivity contribution in [2.75, 3.05) is 5.73 Å². The maximum Gasteiger partial charge on any atom is 0.132 e. The summed E-state index contributed by atoms with van der Waals surface area (Å²) in [7, 11) is 0. The Balaban J connectivity index is 2.26. The minimum atomic E-state index is 0.384. The van der Waals surface area contributed by atoms with E-state index in [1.54, 1.807) is 13.1 Å². The first-order valence-corrected chi connectivity index (χ1v) is 6.31. The van der Waals surface area contributed by atoms with Gasteiger partial charge in [-0.25, -0.2) is 4.98 Å². The van der Waals surface area contributed by atoms with Crippen LogP contribution in [0.1, 0.15) is 12.5 Å². The summed E-state index contributed by atoms with van der Waals surface area (Å²) in [5.74, 6) is 0.384. The molecule has 3 N–H and O–H groups in total. The molecule has 20 heavy (non-hydrogen) atoms. The fourth-order valence-corrected chi connectivity index (χ4v) is 2.27. The van der Waals surface area contributed by atoms with Gasteiger partial charge in [0.2, 0.25) is 0 Å². The van der Waals surface area contributed by atoms with E-state index in [9.17, 15) is 0 Å². The van der Waals surface area contributed by atoms with Crippen LogP contribution in [0.5, 0.6) is 0 Å². The highest BCUT2D eigenvalue weighted by atomic mass is 14.8. The highest BCUT2D eigenvalue weighted by Crippen LogP contribution is 2.28. The summed E-state index contributed by atoms with van der Waals surface area (Å²) in [4.78, 5) is 8.47. The van der Waals surface area contributed by atoms with E-state index in [0.717, 1.165) is 21.9 Å². The van der Waals surface area contributed by atoms with Crippen molar-refractivity contribution in [2.24, 2.45) is 0 Å². The Labute approximate surface area is 116 Å². The van der Waals surface area contributed by atoms with Gasteiger partial charge in [-0.3, -0.25) is 4.98 Å². The largest absolute Gasteiger partial charge is 0.383 e. The van der Waals surface area contributed by atoms with E-state index >= 15 is 0 Å². The van der Waals surface area contributed by atoms with Crippen LogP contribution in [-0.2, 0) is 0 Å². The molecule has 0 saturated carbocycles. The van der Waals surface area contributed by atoms with Crippen molar-refractivity contribution in [3.05, 3.63) is 54.5 Å². The van der Waals surface area contributed by atoms with Gasteiger partial charge in [-0.2, -0.15) is 0 Å². The van der Waals surface area contributed by atoms with Crippen molar-refractivity contribution in [3.8, 4) is 11.1 Å². The molecule has 98 valence electrons. The minimum absolute atomic E-state index is 0.384. The van der Waals surface area contributed by atoms with E-state index < -0.39 is 0 Å². The molecule has 0 fully saturated rings. The summed E-state index contributed by atoms with van der Waals surface area (Å²) in [5, 5.41) is 9.95. The number of nitrogens with zero attached hydrogens (tertiary/aromatic N) is 2. The molecule has 4 heteroatoms. The third-order valence-corrected chi connectivity index (χ3v) is 3.30. The van der Waals surface area contributed by atoms with Crippen molar-refractivity contribution in [1.29, 1.82) is 5.41 Å². The number of nitrogens with one attached hydrogen (secondary N) is 1. The van der Waals surface area contributed by atoms with E-state index in [4.69, 9.17) is 11.1 Å². The summed E-state index contributed by atoms with van der Waals surface area (Å²) >= 11 is 0. The van der Waals surface area contributed by atoms with Crippen LogP contribution in [0.15, 0.2) is 48.9 Å². The SMILES string of the molecule is CC(=N)c1cc(-c2cncc3ccccc23)cnc1N. The molecule has 0 aliphatic heterocycles. The molecule has 3 rings (SSSR count). The number of rotatable bonds is 2. The van der Waals surface area contributed by atoms with Crippen molar-refractivity contribution in [1.82, 2.24) is 9.97 Å². The molecule has 4 nitrogen and oxygen atoms in total. The molecule has 0 spiro atoms. The Bertz CT molecular complexity index is 803. The van der Waals surface area contributed by atoms with E-state index in [1.807, 2.05) is 36.7 Å². The topological polar surface area (TPSA) is 75.7 Å². The molecule has 0 unspecified atom stereocenters. The lowest BCUT2D eigenvalue weighted by molar-refractivity contribution is 1.30. The molecule has 0 atom stereocenters. The van der Waals surface area contributed by atoms with Crippen LogP contribution in [-0.4, -0.2) is 15.7 Å². The van der Waals surface area contributed by atoms with Crippen LogP contribution >= 0.6 is 0 Å².